The van der Waals surface area contributed by atoms with Gasteiger partial charge in [-0.1, -0.05) is 31.4 Å². The van der Waals surface area contributed by atoms with Crippen molar-refractivity contribution >= 4 is 0 Å². The van der Waals surface area contributed by atoms with E-state index in [0.29, 0.717) is 12.8 Å². The van der Waals surface area contributed by atoms with Crippen LogP contribution in [-0.2, 0) is 0 Å². The Kier molecular flexibility index (Phi) is 2.24. The van der Waals surface area contributed by atoms with Crippen molar-refractivity contribution in [1.29, 1.82) is 0 Å². The molecule has 2 N–H and O–H groups in total. The van der Waals surface area contributed by atoms with Gasteiger partial charge in [0.1, 0.15) is 5.75 Å². The summed E-state index contributed by atoms with van der Waals surface area (Å²) in [4.78, 5) is -0.887. The van der Waals surface area contributed by atoms with Gasteiger partial charge in [-0.2, -0.15) is 0 Å². The molecule has 3 nitrogen and oxygen atoms in total. The third-order valence-electron chi connectivity index (χ3n) is 3.89. The lowest BCUT2D eigenvalue weighted by Gasteiger charge is -2.39. The first-order valence-corrected chi connectivity index (χ1v) is 6.82. The number of methoxy groups -OCH3 is 1. The second-order valence-corrected chi connectivity index (χ2v) is 5.33. The monoisotopic (exact) mass is 288 g/mol. The molecule has 0 radical (unpaired) electrons. The molecular weight excluding hydrogens is 250 g/mol. The fraction of sp³-hybridized carbons (Fsp3) is 0.647. The van der Waals surface area contributed by atoms with Crippen LogP contribution in [0.15, 0.2) is 24.3 Å². The summed E-state index contributed by atoms with van der Waals surface area (Å²) in [6, 6.07) is 5.45. The van der Waals surface area contributed by atoms with E-state index in [9.17, 15) is 5.11 Å². The number of hydrogen-bond acceptors (Lipinski definition) is 2. The minimum Gasteiger partial charge on any atom is -0.497 e. The first kappa shape index (κ1) is 6.80. The molecule has 1 aliphatic rings. The molecular formula is C17H28NO2+. The maximum Gasteiger partial charge on any atom is 0.118 e. The summed E-state index contributed by atoms with van der Waals surface area (Å²) in [5.41, 5.74) is -1.32. The zero-order valence-corrected chi connectivity index (χ0v) is 11.4. The van der Waals surface area contributed by atoms with E-state index in [1.54, 1.807) is 0 Å². The lowest BCUT2D eigenvalue weighted by molar-refractivity contribution is -0.860. The van der Waals surface area contributed by atoms with Gasteiger partial charge in [0.15, 0.2) is 0 Å². The van der Waals surface area contributed by atoms with E-state index in [4.69, 9.17) is 18.4 Å². The molecule has 0 heterocycles. The average Bonchev–Trinajstić information content (AvgIpc) is 2.53. The number of quaternary nitrogens is 1. The maximum atomic E-state index is 11.4. The lowest BCUT2D eigenvalue weighted by Crippen LogP contribution is -3.06. The fourth-order valence-electron chi connectivity index (χ4n) is 2.86. The minimum absolute atomic E-state index is 0.0209. The van der Waals surface area contributed by atoms with Crippen LogP contribution in [-0.4, -0.2) is 38.2 Å². The predicted molar refractivity (Wildman–Crippen MR) is 81.4 cm³/mol. The number of ether oxygens (including phenoxy) is 1. The maximum absolute atomic E-state index is 11.4. The Morgan fingerprint density at radius 1 is 1.35 bits per heavy atom. The molecule has 1 aliphatic carbocycles. The van der Waals surface area contributed by atoms with Gasteiger partial charge in [0, 0.05) is 0 Å². The molecule has 1 unspecified atom stereocenters. The van der Waals surface area contributed by atoms with E-state index in [0.717, 1.165) is 6.42 Å². The summed E-state index contributed by atoms with van der Waals surface area (Å²) in [6.45, 7) is -7.73. The van der Waals surface area contributed by atoms with E-state index in [1.807, 2.05) is 0 Å². The van der Waals surface area contributed by atoms with Gasteiger partial charge in [-0.3, -0.25) is 0 Å². The average molecular weight is 288 g/mol. The molecule has 3 heteroatoms. The molecule has 0 bridgehead atoms. The zero-order valence-electron chi connectivity index (χ0n) is 21.4. The molecule has 0 amide bonds. The third-order valence-corrected chi connectivity index (χ3v) is 3.89. The Balaban J connectivity index is 2.55. The van der Waals surface area contributed by atoms with E-state index < -0.39 is 43.9 Å². The topological polar surface area (TPSA) is 33.9 Å². The SMILES string of the molecule is [2H]C([2H])[NH+](C([2H])([2H])[2H])C([2H])([2H])[C@H](c1ccc(OC([2H])([2H])[2H])cc1)C1(O)CCCCC1. The van der Waals surface area contributed by atoms with Crippen molar-refractivity contribution in [2.24, 2.45) is 0 Å². The summed E-state index contributed by atoms with van der Waals surface area (Å²) in [7, 11) is -2.66. The van der Waals surface area contributed by atoms with Crippen LogP contribution < -0.4 is 9.64 Å². The highest BCUT2D eigenvalue weighted by atomic mass is 16.5. The normalized spacial score (nSPS) is 30.7. The highest BCUT2D eigenvalue weighted by molar-refractivity contribution is 5.31. The fourth-order valence-corrected chi connectivity index (χ4v) is 2.86. The van der Waals surface area contributed by atoms with E-state index in [2.05, 4.69) is 0 Å². The summed E-state index contributed by atoms with van der Waals surface area (Å²) >= 11 is 0. The van der Waals surface area contributed by atoms with E-state index in [1.165, 1.54) is 24.3 Å². The van der Waals surface area contributed by atoms with Crippen molar-refractivity contribution in [2.45, 2.75) is 43.6 Å². The van der Waals surface area contributed by atoms with Crippen molar-refractivity contribution in [3.8, 4) is 5.75 Å². The van der Waals surface area contributed by atoms with Crippen LogP contribution in [0.4, 0.5) is 0 Å². The number of benzene rings is 1. The predicted octanol–water partition coefficient (Wildman–Crippen LogP) is 1.62. The molecule has 0 aliphatic heterocycles. The van der Waals surface area contributed by atoms with Gasteiger partial charge in [0.05, 0.1) is 52.7 Å². The van der Waals surface area contributed by atoms with Crippen molar-refractivity contribution in [3.63, 3.8) is 0 Å². The summed E-state index contributed by atoms with van der Waals surface area (Å²) in [6.07, 6.45) is 2.63. The highest BCUT2D eigenvalue weighted by Gasteiger charge is 2.40. The molecule has 1 saturated carbocycles. The van der Waals surface area contributed by atoms with Crippen LogP contribution >= 0.6 is 0 Å². The Morgan fingerprint density at radius 2 is 2.10 bits per heavy atom. The second kappa shape index (κ2) is 6.59. The van der Waals surface area contributed by atoms with Crippen LogP contribution in [0, 0.1) is 0 Å². The largest absolute Gasteiger partial charge is 0.497 e. The second-order valence-electron chi connectivity index (χ2n) is 5.33. The Morgan fingerprint density at radius 3 is 2.70 bits per heavy atom. The van der Waals surface area contributed by atoms with Crippen molar-refractivity contribution in [2.75, 3.05) is 27.5 Å². The Bertz CT molecular complexity index is 696. The number of likely N-dealkylation sites (N-methyl/N-ethyl adjacent to an activating group) is 1. The molecule has 0 aromatic heterocycles. The van der Waals surface area contributed by atoms with Crippen LogP contribution in [0.2, 0.25) is 0 Å². The summed E-state index contributed by atoms with van der Waals surface area (Å²) in [5, 5.41) is 11.4. The number of aliphatic hydroxyl groups is 1. The van der Waals surface area contributed by atoms with E-state index in [-0.39, 0.29) is 24.2 Å². The molecule has 1 aromatic rings. The number of nitrogens with one attached hydrogen (secondary N) is 1. The lowest BCUT2D eigenvalue weighted by atomic mass is 9.72. The van der Waals surface area contributed by atoms with E-state index >= 15 is 0 Å². The Hall–Kier alpha value is -1.06. The molecule has 20 heavy (non-hydrogen) atoms. The minimum atomic E-state index is -2.99. The van der Waals surface area contributed by atoms with Gasteiger partial charge < -0.3 is 14.7 Å². The number of hydrogen-bond donors (Lipinski definition) is 2. The van der Waals surface area contributed by atoms with Crippen LogP contribution in [0.3, 0.4) is 0 Å². The highest BCUT2D eigenvalue weighted by Crippen LogP contribution is 2.39. The van der Waals surface area contributed by atoms with Gasteiger partial charge in [0.2, 0.25) is 0 Å². The van der Waals surface area contributed by atoms with Gasteiger partial charge in [-0.05, 0) is 30.5 Å². The van der Waals surface area contributed by atoms with Crippen LogP contribution in [0.25, 0.3) is 0 Å². The van der Waals surface area contributed by atoms with Gasteiger partial charge in [-0.25, -0.2) is 0 Å². The van der Waals surface area contributed by atoms with Crippen molar-refractivity contribution in [1.82, 2.24) is 0 Å². The molecule has 2 atom stereocenters. The van der Waals surface area contributed by atoms with Crippen LogP contribution in [0.1, 0.15) is 57.3 Å². The molecule has 0 spiro atoms. The molecule has 1 fully saturated rings. The first-order chi connectivity index (χ1) is 13.6. The van der Waals surface area contributed by atoms with Gasteiger partial charge in [0.25, 0.3) is 0 Å². The molecule has 0 saturated heterocycles. The summed E-state index contributed by atoms with van der Waals surface area (Å²) in [5.74, 6) is -1.33. The summed E-state index contributed by atoms with van der Waals surface area (Å²) < 4.78 is 82.1. The number of rotatable bonds is 5. The van der Waals surface area contributed by atoms with Crippen molar-refractivity contribution in [3.05, 3.63) is 29.8 Å². The van der Waals surface area contributed by atoms with Gasteiger partial charge >= 0.3 is 0 Å². The Labute approximate surface area is 136 Å². The molecule has 112 valence electrons. The molecule has 2 rings (SSSR count). The first-order valence-electron chi connectivity index (χ1n) is 12.0. The standard InChI is InChI=1S/C17H27NO2/c1-18(2)13-16(17(19)11-5-4-6-12-17)14-7-9-15(20-3)10-8-14/h7-10,16,19H,4-6,11-13H2,1-3H3/p+1/t16-/m1/s1/i1D2,2D3,3D3,13D2. The quantitative estimate of drug-likeness (QED) is 0.863. The van der Waals surface area contributed by atoms with Crippen LogP contribution in [0.5, 0.6) is 5.75 Å². The smallest absolute Gasteiger partial charge is 0.118 e. The third kappa shape index (κ3) is 3.53. The van der Waals surface area contributed by atoms with Crippen molar-refractivity contribution < 1.29 is 28.5 Å². The van der Waals surface area contributed by atoms with Gasteiger partial charge in [-0.15, -0.1) is 0 Å². The molecule has 1 aromatic carbocycles. The zero-order chi connectivity index (χ0) is 23.0.